The molecule has 0 aromatic heterocycles. The maximum atomic E-state index is 11.6. The van der Waals surface area contributed by atoms with Crippen LogP contribution in [0.2, 0.25) is 0 Å². The van der Waals surface area contributed by atoms with Crippen LogP contribution < -0.4 is 0 Å². The molecule has 0 spiro atoms. The number of esters is 1. The molecule has 0 heterocycles. The number of benzene rings is 1. The Labute approximate surface area is 123 Å². The van der Waals surface area contributed by atoms with Crippen molar-refractivity contribution in [3.8, 4) is 0 Å². The molecule has 4 heteroatoms. The summed E-state index contributed by atoms with van der Waals surface area (Å²) in [6.45, 7) is 4.10. The van der Waals surface area contributed by atoms with E-state index in [-0.39, 0.29) is 11.9 Å². The third-order valence-electron chi connectivity index (χ3n) is 3.42. The Morgan fingerprint density at radius 3 is 2.63 bits per heavy atom. The summed E-state index contributed by atoms with van der Waals surface area (Å²) >= 11 is 12.2. The molecule has 102 valence electrons. The van der Waals surface area contributed by atoms with E-state index < -0.39 is 4.33 Å². The van der Waals surface area contributed by atoms with Gasteiger partial charge in [0.2, 0.25) is 0 Å². The van der Waals surface area contributed by atoms with E-state index in [9.17, 15) is 4.79 Å². The maximum Gasteiger partial charge on any atom is 0.306 e. The van der Waals surface area contributed by atoms with Gasteiger partial charge < -0.3 is 4.74 Å². The summed E-state index contributed by atoms with van der Waals surface area (Å²) in [7, 11) is 0. The molecule has 0 N–H and O–H groups in total. The second-order valence-corrected chi connectivity index (χ2v) is 6.20. The highest BCUT2D eigenvalue weighted by atomic mass is 35.5. The van der Waals surface area contributed by atoms with Crippen molar-refractivity contribution in [2.45, 2.75) is 30.2 Å². The lowest BCUT2D eigenvalue weighted by molar-refractivity contribution is -0.145. The molecule has 1 aliphatic carbocycles. The second-order valence-electron chi connectivity index (χ2n) is 4.81. The topological polar surface area (TPSA) is 26.3 Å². The molecule has 19 heavy (non-hydrogen) atoms. The number of halogens is 2. The summed E-state index contributed by atoms with van der Waals surface area (Å²) in [5.41, 5.74) is 1.82. The Morgan fingerprint density at radius 2 is 2.05 bits per heavy atom. The molecule has 0 saturated heterocycles. The lowest BCUT2D eigenvalue weighted by Crippen LogP contribution is -2.39. The molecule has 0 bridgehead atoms. The molecule has 1 saturated carbocycles. The number of carbonyl (C=O) groups excluding carboxylic acids is 1. The van der Waals surface area contributed by atoms with Crippen LogP contribution in [0.5, 0.6) is 0 Å². The van der Waals surface area contributed by atoms with Gasteiger partial charge in [-0.25, -0.2) is 0 Å². The van der Waals surface area contributed by atoms with E-state index >= 15 is 0 Å². The van der Waals surface area contributed by atoms with Gasteiger partial charge in [0, 0.05) is 12.3 Å². The van der Waals surface area contributed by atoms with Gasteiger partial charge in [-0.3, -0.25) is 4.79 Å². The van der Waals surface area contributed by atoms with Crippen molar-refractivity contribution in [1.29, 1.82) is 0 Å². The highest BCUT2D eigenvalue weighted by molar-refractivity contribution is 6.51. The molecule has 0 amide bonds. The predicted molar refractivity (Wildman–Crippen MR) is 77.2 cm³/mol. The van der Waals surface area contributed by atoms with E-state index in [1.807, 2.05) is 30.3 Å². The highest BCUT2D eigenvalue weighted by Crippen LogP contribution is 2.53. The Bertz CT molecular complexity index is 468. The fourth-order valence-corrected chi connectivity index (χ4v) is 2.63. The van der Waals surface area contributed by atoms with E-state index in [1.54, 1.807) is 0 Å². The van der Waals surface area contributed by atoms with Crippen molar-refractivity contribution in [3.63, 3.8) is 0 Å². The van der Waals surface area contributed by atoms with Gasteiger partial charge in [0.1, 0.15) is 10.9 Å². The SMILES string of the molecule is C=C1CC(CCC(=O)OCc2ccccc2)C1(Cl)Cl. The number of allylic oxidation sites excluding steroid dienone is 1. The molecular formula is C15H16Cl2O2. The van der Waals surface area contributed by atoms with Crippen molar-refractivity contribution >= 4 is 29.2 Å². The minimum absolute atomic E-state index is 0.104. The first-order chi connectivity index (χ1) is 9.00. The maximum absolute atomic E-state index is 11.6. The Morgan fingerprint density at radius 1 is 1.37 bits per heavy atom. The summed E-state index contributed by atoms with van der Waals surface area (Å²) in [4.78, 5) is 11.6. The van der Waals surface area contributed by atoms with Gasteiger partial charge in [0.25, 0.3) is 0 Å². The van der Waals surface area contributed by atoms with Gasteiger partial charge in [-0.2, -0.15) is 0 Å². The number of hydrogen-bond acceptors (Lipinski definition) is 2. The van der Waals surface area contributed by atoms with Gasteiger partial charge in [0.15, 0.2) is 0 Å². The van der Waals surface area contributed by atoms with Crippen molar-refractivity contribution in [1.82, 2.24) is 0 Å². The van der Waals surface area contributed by atoms with E-state index in [4.69, 9.17) is 27.9 Å². The highest BCUT2D eigenvalue weighted by Gasteiger charge is 2.46. The fraction of sp³-hybridized carbons (Fsp3) is 0.400. The number of carbonyl (C=O) groups is 1. The Kier molecular flexibility index (Phi) is 4.54. The van der Waals surface area contributed by atoms with Crippen molar-refractivity contribution < 1.29 is 9.53 Å². The summed E-state index contributed by atoms with van der Waals surface area (Å²) < 4.78 is 4.33. The van der Waals surface area contributed by atoms with Crippen LogP contribution in [0.15, 0.2) is 42.5 Å². The van der Waals surface area contributed by atoms with Gasteiger partial charge in [-0.1, -0.05) is 60.1 Å². The first-order valence-corrected chi connectivity index (χ1v) is 7.01. The number of hydrogen-bond donors (Lipinski definition) is 0. The van der Waals surface area contributed by atoms with Crippen molar-refractivity contribution in [2.75, 3.05) is 0 Å². The van der Waals surface area contributed by atoms with Gasteiger partial charge in [-0.15, -0.1) is 0 Å². The monoisotopic (exact) mass is 298 g/mol. The normalized spacial score (nSPS) is 20.7. The largest absolute Gasteiger partial charge is 0.461 e. The lowest BCUT2D eigenvalue weighted by atomic mass is 9.77. The minimum Gasteiger partial charge on any atom is -0.461 e. The molecule has 1 aromatic rings. The van der Waals surface area contributed by atoms with Crippen LogP contribution in [0, 0.1) is 5.92 Å². The number of alkyl halides is 2. The molecule has 2 nitrogen and oxygen atoms in total. The number of rotatable bonds is 5. The van der Waals surface area contributed by atoms with Crippen LogP contribution >= 0.6 is 23.2 Å². The van der Waals surface area contributed by atoms with E-state index in [2.05, 4.69) is 6.58 Å². The molecule has 1 aromatic carbocycles. The molecule has 2 rings (SSSR count). The van der Waals surface area contributed by atoms with Crippen LogP contribution in [-0.2, 0) is 16.1 Å². The first kappa shape index (κ1) is 14.4. The van der Waals surface area contributed by atoms with Crippen LogP contribution in [0.3, 0.4) is 0 Å². The van der Waals surface area contributed by atoms with Crippen LogP contribution in [0.25, 0.3) is 0 Å². The van der Waals surface area contributed by atoms with E-state index in [0.29, 0.717) is 19.4 Å². The van der Waals surface area contributed by atoms with Crippen molar-refractivity contribution in [3.05, 3.63) is 48.0 Å². The summed E-state index contributed by atoms with van der Waals surface area (Å²) in [5.74, 6) is -0.113. The third kappa shape index (κ3) is 3.52. The zero-order valence-electron chi connectivity index (χ0n) is 10.6. The molecular weight excluding hydrogens is 283 g/mol. The summed E-state index contributed by atoms with van der Waals surface area (Å²) in [6.07, 6.45) is 1.77. The molecule has 1 atom stereocenters. The first-order valence-electron chi connectivity index (χ1n) is 6.25. The van der Waals surface area contributed by atoms with Gasteiger partial charge in [0.05, 0.1) is 0 Å². The molecule has 1 aliphatic rings. The van der Waals surface area contributed by atoms with Crippen LogP contribution in [0.4, 0.5) is 0 Å². The molecule has 1 unspecified atom stereocenters. The molecule has 0 radical (unpaired) electrons. The third-order valence-corrected chi connectivity index (χ3v) is 4.57. The van der Waals surface area contributed by atoms with E-state index in [1.165, 1.54) is 0 Å². The summed E-state index contributed by atoms with van der Waals surface area (Å²) in [6, 6.07) is 9.60. The summed E-state index contributed by atoms with van der Waals surface area (Å²) in [5, 5.41) is 0. The van der Waals surface area contributed by atoms with Crippen molar-refractivity contribution in [2.24, 2.45) is 5.92 Å². The molecule has 1 fully saturated rings. The standard InChI is InChI=1S/C15H16Cl2O2/c1-11-9-13(15(11,16)17)7-8-14(18)19-10-12-5-3-2-4-6-12/h2-6,13H,1,7-10H2. The average Bonchev–Trinajstić information content (AvgIpc) is 2.42. The number of ether oxygens (including phenoxy) is 1. The smallest absolute Gasteiger partial charge is 0.306 e. The van der Waals surface area contributed by atoms with E-state index in [0.717, 1.165) is 17.6 Å². The quantitative estimate of drug-likeness (QED) is 0.461. The van der Waals surface area contributed by atoms with Gasteiger partial charge in [-0.05, 0) is 24.0 Å². The predicted octanol–water partition coefficient (Wildman–Crippen LogP) is 4.26. The second kappa shape index (κ2) is 5.98. The minimum atomic E-state index is -0.861. The zero-order chi connectivity index (χ0) is 13.9. The van der Waals surface area contributed by atoms with Gasteiger partial charge >= 0.3 is 5.97 Å². The average molecular weight is 299 g/mol. The Hall–Kier alpha value is -0.990. The lowest BCUT2D eigenvalue weighted by Gasteiger charge is -2.42. The van der Waals surface area contributed by atoms with Crippen LogP contribution in [0.1, 0.15) is 24.8 Å². The molecule has 0 aliphatic heterocycles. The zero-order valence-corrected chi connectivity index (χ0v) is 12.1. The fourth-order valence-electron chi connectivity index (χ4n) is 2.10. The van der Waals surface area contributed by atoms with Crippen LogP contribution in [-0.4, -0.2) is 10.3 Å². The Balaban J connectivity index is 1.70.